The molecule has 92 valence electrons. The predicted octanol–water partition coefficient (Wildman–Crippen LogP) is -1.64. The van der Waals surface area contributed by atoms with Crippen molar-refractivity contribution in [2.45, 2.75) is 26.2 Å². The van der Waals surface area contributed by atoms with E-state index in [0.717, 1.165) is 0 Å². The van der Waals surface area contributed by atoms with Crippen LogP contribution >= 0.6 is 0 Å². The number of hydrogen-bond donors (Lipinski definition) is 0. The fourth-order valence-electron chi connectivity index (χ4n) is 1.74. The zero-order chi connectivity index (χ0) is 9.10. The quantitative estimate of drug-likeness (QED) is 0.596. The van der Waals surface area contributed by atoms with E-state index in [1.807, 2.05) is 0 Å². The largest absolute Gasteiger partial charge is 4.00 e. The average molecular weight is 316 g/mol. The van der Waals surface area contributed by atoms with Crippen molar-refractivity contribution in [1.29, 1.82) is 0 Å². The molecule has 0 amide bonds. The molecule has 2 aromatic rings. The van der Waals surface area contributed by atoms with Gasteiger partial charge in [0.2, 0.25) is 0 Å². The molecule has 0 heterocycles. The van der Waals surface area contributed by atoms with Crippen LogP contribution in [0.5, 0.6) is 0 Å². The summed E-state index contributed by atoms with van der Waals surface area (Å²) in [6.07, 6.45) is 3.81. The zero-order valence-electron chi connectivity index (χ0n) is 10.3. The summed E-state index contributed by atoms with van der Waals surface area (Å²) in [6.45, 7) is 2.24. The standard InChI is InChI=1S/C13H15.CH3.2FH.Zr/c1-2-3-6-11-9-12-7-4-5-8-13(12)10-11;;;;/h4-5,7-10H,2-3,6H2,1H3;1H3;2*1H;/q2*-1;;;+4/p-2. The number of aryl methyl sites for hydroxylation is 1. The number of rotatable bonds is 3. The molecule has 0 aliphatic heterocycles. The third-order valence-electron chi connectivity index (χ3n) is 2.50. The number of hydrogen-bond acceptors (Lipinski definition) is 0. The molecule has 0 aromatic heterocycles. The zero-order valence-corrected chi connectivity index (χ0v) is 12.8. The van der Waals surface area contributed by atoms with Crippen LogP contribution in [0.4, 0.5) is 0 Å². The van der Waals surface area contributed by atoms with Gasteiger partial charge in [-0.15, -0.1) is 40.6 Å². The van der Waals surface area contributed by atoms with E-state index in [1.165, 1.54) is 35.6 Å². The van der Waals surface area contributed by atoms with E-state index in [1.54, 1.807) is 0 Å². The topological polar surface area (TPSA) is 0 Å². The minimum absolute atomic E-state index is 0. The van der Waals surface area contributed by atoms with Crippen LogP contribution in [0.1, 0.15) is 25.3 Å². The predicted molar refractivity (Wildman–Crippen MR) is 64.6 cm³/mol. The van der Waals surface area contributed by atoms with Crippen molar-refractivity contribution in [1.82, 2.24) is 0 Å². The molecular formula is C14H18F2Zr. The molecule has 0 fully saturated rings. The molecule has 0 N–H and O–H groups in total. The van der Waals surface area contributed by atoms with Crippen molar-refractivity contribution < 1.29 is 35.6 Å². The van der Waals surface area contributed by atoms with Gasteiger partial charge in [0.05, 0.1) is 0 Å². The maximum atomic E-state index is 2.31. The van der Waals surface area contributed by atoms with Crippen LogP contribution in [-0.2, 0) is 32.6 Å². The Labute approximate surface area is 122 Å². The minimum Gasteiger partial charge on any atom is -1.00 e. The van der Waals surface area contributed by atoms with Crippen molar-refractivity contribution in [3.8, 4) is 0 Å². The third-order valence-corrected chi connectivity index (χ3v) is 2.50. The maximum Gasteiger partial charge on any atom is 4.00 e. The summed E-state index contributed by atoms with van der Waals surface area (Å²) in [5.74, 6) is 0. The van der Waals surface area contributed by atoms with Gasteiger partial charge in [0.15, 0.2) is 0 Å². The van der Waals surface area contributed by atoms with Gasteiger partial charge in [-0.2, -0.15) is 6.07 Å². The fourth-order valence-corrected chi connectivity index (χ4v) is 1.74. The average Bonchev–Trinajstić information content (AvgIpc) is 2.57. The summed E-state index contributed by atoms with van der Waals surface area (Å²) >= 11 is 0. The van der Waals surface area contributed by atoms with Crippen LogP contribution in [0.25, 0.3) is 10.8 Å². The van der Waals surface area contributed by atoms with Crippen LogP contribution in [0.2, 0.25) is 0 Å². The summed E-state index contributed by atoms with van der Waals surface area (Å²) in [4.78, 5) is 0. The molecule has 0 saturated carbocycles. The second kappa shape index (κ2) is 10.7. The van der Waals surface area contributed by atoms with Crippen molar-refractivity contribution >= 4 is 10.8 Å². The van der Waals surface area contributed by atoms with Crippen molar-refractivity contribution in [3.63, 3.8) is 0 Å². The van der Waals surface area contributed by atoms with E-state index in [9.17, 15) is 0 Å². The Balaban J connectivity index is -0.000000490. The molecule has 0 nitrogen and oxygen atoms in total. The van der Waals surface area contributed by atoms with E-state index in [4.69, 9.17) is 0 Å². The molecule has 0 bridgehead atoms. The van der Waals surface area contributed by atoms with Crippen LogP contribution in [0.15, 0.2) is 36.4 Å². The third kappa shape index (κ3) is 5.63. The monoisotopic (exact) mass is 314 g/mol. The van der Waals surface area contributed by atoms with Crippen LogP contribution in [0.3, 0.4) is 0 Å². The van der Waals surface area contributed by atoms with Gasteiger partial charge >= 0.3 is 26.2 Å². The summed E-state index contributed by atoms with van der Waals surface area (Å²) in [6, 6.07) is 13.2. The molecule has 17 heavy (non-hydrogen) atoms. The molecule has 0 unspecified atom stereocenters. The summed E-state index contributed by atoms with van der Waals surface area (Å²) in [5, 5.41) is 2.77. The summed E-state index contributed by atoms with van der Waals surface area (Å²) in [7, 11) is 0. The van der Waals surface area contributed by atoms with E-state index < -0.39 is 0 Å². The molecule has 2 aromatic carbocycles. The van der Waals surface area contributed by atoms with Gasteiger partial charge < -0.3 is 16.8 Å². The van der Waals surface area contributed by atoms with Gasteiger partial charge in [-0.3, -0.25) is 0 Å². The molecule has 0 aliphatic rings. The molecule has 0 radical (unpaired) electrons. The van der Waals surface area contributed by atoms with Crippen LogP contribution < -0.4 is 9.41 Å². The molecule has 0 saturated heterocycles. The summed E-state index contributed by atoms with van der Waals surface area (Å²) in [5.41, 5.74) is 1.49. The van der Waals surface area contributed by atoms with E-state index in [0.29, 0.717) is 0 Å². The van der Waals surface area contributed by atoms with Gasteiger partial charge in [-0.1, -0.05) is 25.8 Å². The number of halogens is 2. The van der Waals surface area contributed by atoms with E-state index in [2.05, 4.69) is 43.3 Å². The Bertz CT molecular complexity index is 363. The first-order valence-electron chi connectivity index (χ1n) is 5.04. The van der Waals surface area contributed by atoms with Crippen molar-refractivity contribution in [3.05, 3.63) is 49.4 Å². The molecular weight excluding hydrogens is 297 g/mol. The summed E-state index contributed by atoms with van der Waals surface area (Å²) < 4.78 is 0. The van der Waals surface area contributed by atoms with Crippen molar-refractivity contribution in [2.75, 3.05) is 0 Å². The molecule has 3 heteroatoms. The maximum absolute atomic E-state index is 2.31. The van der Waals surface area contributed by atoms with Crippen molar-refractivity contribution in [2.24, 2.45) is 0 Å². The second-order valence-electron chi connectivity index (χ2n) is 3.60. The Morgan fingerprint density at radius 2 is 1.76 bits per heavy atom. The molecule has 2 rings (SSSR count). The molecule has 0 atom stereocenters. The molecule has 0 spiro atoms. The van der Waals surface area contributed by atoms with Gasteiger partial charge in [0, 0.05) is 0 Å². The smallest absolute Gasteiger partial charge is 1.00 e. The first kappa shape index (κ1) is 21.8. The number of benzene rings is 1. The fraction of sp³-hybridized carbons (Fsp3) is 0.286. The molecule has 0 aliphatic carbocycles. The second-order valence-corrected chi connectivity index (χ2v) is 3.60. The number of fused-ring (bicyclic) bond motifs is 1. The normalized spacial score (nSPS) is 8.29. The van der Waals surface area contributed by atoms with Crippen LogP contribution in [0, 0.1) is 7.43 Å². The van der Waals surface area contributed by atoms with E-state index >= 15 is 0 Å². The Morgan fingerprint density at radius 1 is 1.12 bits per heavy atom. The van der Waals surface area contributed by atoms with Gasteiger partial charge in [-0.05, 0) is 6.42 Å². The first-order chi connectivity index (χ1) is 6.40. The number of unbranched alkanes of at least 4 members (excludes halogenated alkanes) is 1. The van der Waals surface area contributed by atoms with Crippen LogP contribution in [-0.4, -0.2) is 0 Å². The SMILES string of the molecule is CCCCc1cc2ccccc2[cH-]1.[CH3-].[F-].[F-].[Zr+4]. The van der Waals surface area contributed by atoms with Gasteiger partial charge in [-0.25, -0.2) is 0 Å². The Hall–Kier alpha value is -0.427. The first-order valence-corrected chi connectivity index (χ1v) is 5.04. The Kier molecular flexibility index (Phi) is 13.7. The van der Waals surface area contributed by atoms with E-state index in [-0.39, 0.29) is 43.0 Å². The van der Waals surface area contributed by atoms with Gasteiger partial charge in [0.1, 0.15) is 0 Å². The minimum atomic E-state index is 0. The Morgan fingerprint density at radius 3 is 2.35 bits per heavy atom. The van der Waals surface area contributed by atoms with Gasteiger partial charge in [0.25, 0.3) is 0 Å².